The maximum absolute atomic E-state index is 12.9. The van der Waals surface area contributed by atoms with Gasteiger partial charge in [0.05, 0.1) is 12.2 Å². The summed E-state index contributed by atoms with van der Waals surface area (Å²) in [4.78, 5) is 19.0. The zero-order chi connectivity index (χ0) is 16.2. The number of aromatic nitrogens is 1. The van der Waals surface area contributed by atoms with Crippen LogP contribution in [0.2, 0.25) is 0 Å². The van der Waals surface area contributed by atoms with Crippen molar-refractivity contribution in [2.75, 3.05) is 13.2 Å². The van der Waals surface area contributed by atoms with Gasteiger partial charge in [-0.2, -0.15) is 0 Å². The van der Waals surface area contributed by atoms with E-state index in [1.807, 2.05) is 32.0 Å². The molecule has 0 fully saturated rings. The summed E-state index contributed by atoms with van der Waals surface area (Å²) in [5.41, 5.74) is 1.46. The molecule has 0 radical (unpaired) electrons. The molecule has 5 nitrogen and oxygen atoms in total. The predicted octanol–water partition coefficient (Wildman–Crippen LogP) is 2.90. The molecule has 0 saturated heterocycles. The van der Waals surface area contributed by atoms with E-state index >= 15 is 0 Å². The third-order valence-electron chi connectivity index (χ3n) is 3.73. The van der Waals surface area contributed by atoms with Crippen LogP contribution in [0.4, 0.5) is 0 Å². The molecule has 23 heavy (non-hydrogen) atoms. The number of rotatable bonds is 4. The molecule has 0 spiro atoms. The molecular formula is C18H20N2O3. The number of ether oxygens (including phenoxy) is 2. The molecule has 1 aromatic carbocycles. The molecular weight excluding hydrogens is 292 g/mol. The number of pyridine rings is 1. The first-order valence-electron chi connectivity index (χ1n) is 7.75. The van der Waals surface area contributed by atoms with E-state index in [1.54, 1.807) is 29.3 Å². The molecule has 0 saturated carbocycles. The SMILES string of the molecule is CC(C)N(Cc1ccccn1)C(=O)c1ccc2c(c1)OCCO2. The van der Waals surface area contributed by atoms with Gasteiger partial charge in [0.15, 0.2) is 11.5 Å². The minimum atomic E-state index is -0.0392. The first-order valence-corrected chi connectivity index (χ1v) is 7.75. The molecule has 120 valence electrons. The van der Waals surface area contributed by atoms with Gasteiger partial charge in [0, 0.05) is 17.8 Å². The molecule has 0 unspecified atom stereocenters. The van der Waals surface area contributed by atoms with Crippen LogP contribution in [0.15, 0.2) is 42.6 Å². The van der Waals surface area contributed by atoms with Gasteiger partial charge in [-0.05, 0) is 44.2 Å². The summed E-state index contributed by atoms with van der Waals surface area (Å²) in [6.07, 6.45) is 1.74. The number of amides is 1. The van der Waals surface area contributed by atoms with Crippen molar-refractivity contribution in [1.29, 1.82) is 0 Å². The molecule has 3 rings (SSSR count). The van der Waals surface area contributed by atoms with E-state index < -0.39 is 0 Å². The molecule has 1 aromatic heterocycles. The standard InChI is InChI=1S/C18H20N2O3/c1-13(2)20(12-15-5-3-4-8-19-15)18(21)14-6-7-16-17(11-14)23-10-9-22-16/h3-8,11,13H,9-10,12H2,1-2H3. The van der Waals surface area contributed by atoms with Crippen molar-refractivity contribution >= 4 is 5.91 Å². The van der Waals surface area contributed by atoms with Gasteiger partial charge in [0.1, 0.15) is 13.2 Å². The summed E-state index contributed by atoms with van der Waals surface area (Å²) >= 11 is 0. The number of hydrogen-bond acceptors (Lipinski definition) is 4. The minimum Gasteiger partial charge on any atom is -0.486 e. The maximum atomic E-state index is 12.9. The molecule has 1 aliphatic rings. The number of nitrogens with zero attached hydrogens (tertiary/aromatic N) is 2. The van der Waals surface area contributed by atoms with E-state index in [0.717, 1.165) is 5.69 Å². The lowest BCUT2D eigenvalue weighted by atomic mass is 10.1. The fraction of sp³-hybridized carbons (Fsp3) is 0.333. The van der Waals surface area contributed by atoms with Crippen molar-refractivity contribution in [2.45, 2.75) is 26.4 Å². The van der Waals surface area contributed by atoms with Crippen molar-refractivity contribution in [2.24, 2.45) is 0 Å². The Morgan fingerprint density at radius 1 is 1.17 bits per heavy atom. The zero-order valence-electron chi connectivity index (χ0n) is 13.4. The van der Waals surface area contributed by atoms with Crippen LogP contribution in [0.1, 0.15) is 29.9 Å². The summed E-state index contributed by atoms with van der Waals surface area (Å²) in [5, 5.41) is 0. The van der Waals surface area contributed by atoms with Gasteiger partial charge in [0.2, 0.25) is 0 Å². The fourth-order valence-corrected chi connectivity index (χ4v) is 2.50. The lowest BCUT2D eigenvalue weighted by molar-refractivity contribution is 0.0686. The number of hydrogen-bond donors (Lipinski definition) is 0. The van der Waals surface area contributed by atoms with Crippen molar-refractivity contribution in [3.8, 4) is 11.5 Å². The normalized spacial score (nSPS) is 13.0. The Bertz CT molecular complexity index is 686. The molecule has 0 bridgehead atoms. The highest BCUT2D eigenvalue weighted by Crippen LogP contribution is 2.31. The van der Waals surface area contributed by atoms with Crippen LogP contribution in [0.25, 0.3) is 0 Å². The largest absolute Gasteiger partial charge is 0.486 e. The van der Waals surface area contributed by atoms with Gasteiger partial charge in [-0.1, -0.05) is 6.07 Å². The highest BCUT2D eigenvalue weighted by atomic mass is 16.6. The Morgan fingerprint density at radius 2 is 1.96 bits per heavy atom. The van der Waals surface area contributed by atoms with Crippen molar-refractivity contribution < 1.29 is 14.3 Å². The van der Waals surface area contributed by atoms with Gasteiger partial charge in [-0.15, -0.1) is 0 Å². The molecule has 2 heterocycles. The van der Waals surface area contributed by atoms with Crippen LogP contribution in [0.5, 0.6) is 11.5 Å². The lowest BCUT2D eigenvalue weighted by Crippen LogP contribution is -2.36. The van der Waals surface area contributed by atoms with Crippen molar-refractivity contribution in [1.82, 2.24) is 9.88 Å². The highest BCUT2D eigenvalue weighted by molar-refractivity contribution is 5.95. The Kier molecular flexibility index (Phi) is 4.46. The summed E-state index contributed by atoms with van der Waals surface area (Å²) in [5.74, 6) is 1.28. The van der Waals surface area contributed by atoms with Crippen LogP contribution < -0.4 is 9.47 Å². The first kappa shape index (κ1) is 15.3. The van der Waals surface area contributed by atoms with Gasteiger partial charge < -0.3 is 14.4 Å². The Hall–Kier alpha value is -2.56. The summed E-state index contributed by atoms with van der Waals surface area (Å²) in [6, 6.07) is 11.1. The predicted molar refractivity (Wildman–Crippen MR) is 86.7 cm³/mol. The molecule has 1 amide bonds. The number of carbonyl (C=O) groups is 1. The van der Waals surface area contributed by atoms with Gasteiger partial charge in [0.25, 0.3) is 5.91 Å². The smallest absolute Gasteiger partial charge is 0.254 e. The molecule has 5 heteroatoms. The molecule has 2 aromatic rings. The molecule has 1 aliphatic heterocycles. The second-order valence-corrected chi connectivity index (χ2v) is 5.71. The number of fused-ring (bicyclic) bond motifs is 1. The maximum Gasteiger partial charge on any atom is 0.254 e. The third kappa shape index (κ3) is 3.44. The van der Waals surface area contributed by atoms with Crippen LogP contribution in [0, 0.1) is 0 Å². The molecule has 0 aliphatic carbocycles. The Balaban J connectivity index is 1.83. The topological polar surface area (TPSA) is 51.7 Å². The Morgan fingerprint density at radius 3 is 2.65 bits per heavy atom. The fourth-order valence-electron chi connectivity index (χ4n) is 2.50. The van der Waals surface area contributed by atoms with E-state index in [0.29, 0.717) is 36.8 Å². The molecule has 0 atom stereocenters. The summed E-state index contributed by atoms with van der Waals surface area (Å²) < 4.78 is 11.1. The first-order chi connectivity index (χ1) is 11.1. The van der Waals surface area contributed by atoms with Crippen molar-refractivity contribution in [3.05, 3.63) is 53.9 Å². The van der Waals surface area contributed by atoms with Crippen LogP contribution in [0.3, 0.4) is 0 Å². The minimum absolute atomic E-state index is 0.0392. The van der Waals surface area contributed by atoms with E-state index in [9.17, 15) is 4.79 Å². The van der Waals surface area contributed by atoms with E-state index in [4.69, 9.17) is 9.47 Å². The average Bonchev–Trinajstić information content (AvgIpc) is 2.59. The number of carbonyl (C=O) groups excluding carboxylic acids is 1. The van der Waals surface area contributed by atoms with E-state index in [1.165, 1.54) is 0 Å². The van der Waals surface area contributed by atoms with Crippen LogP contribution in [-0.2, 0) is 6.54 Å². The van der Waals surface area contributed by atoms with Gasteiger partial charge >= 0.3 is 0 Å². The summed E-state index contributed by atoms with van der Waals surface area (Å²) in [7, 11) is 0. The van der Waals surface area contributed by atoms with E-state index in [2.05, 4.69) is 4.98 Å². The Labute approximate surface area is 135 Å². The second-order valence-electron chi connectivity index (χ2n) is 5.71. The van der Waals surface area contributed by atoms with E-state index in [-0.39, 0.29) is 11.9 Å². The van der Waals surface area contributed by atoms with Crippen LogP contribution >= 0.6 is 0 Å². The lowest BCUT2D eigenvalue weighted by Gasteiger charge is -2.27. The quantitative estimate of drug-likeness (QED) is 0.871. The van der Waals surface area contributed by atoms with Crippen molar-refractivity contribution in [3.63, 3.8) is 0 Å². The van der Waals surface area contributed by atoms with Gasteiger partial charge in [-0.25, -0.2) is 0 Å². The third-order valence-corrected chi connectivity index (χ3v) is 3.73. The van der Waals surface area contributed by atoms with Crippen LogP contribution in [-0.4, -0.2) is 35.0 Å². The zero-order valence-corrected chi connectivity index (χ0v) is 13.4. The number of benzene rings is 1. The van der Waals surface area contributed by atoms with Gasteiger partial charge in [-0.3, -0.25) is 9.78 Å². The highest BCUT2D eigenvalue weighted by Gasteiger charge is 2.22. The second kappa shape index (κ2) is 6.69. The monoisotopic (exact) mass is 312 g/mol. The molecule has 0 N–H and O–H groups in total. The summed E-state index contributed by atoms with van der Waals surface area (Å²) in [6.45, 7) is 5.52. The average molecular weight is 312 g/mol.